The van der Waals surface area contributed by atoms with Crippen molar-refractivity contribution in [2.75, 3.05) is 6.61 Å². The Morgan fingerprint density at radius 2 is 2.15 bits per heavy atom. The van der Waals surface area contributed by atoms with Gasteiger partial charge in [0.25, 0.3) is 0 Å². The van der Waals surface area contributed by atoms with E-state index in [1.54, 1.807) is 13.0 Å². The van der Waals surface area contributed by atoms with E-state index in [2.05, 4.69) is 0 Å². The molecule has 1 rings (SSSR count). The summed E-state index contributed by atoms with van der Waals surface area (Å²) >= 11 is 0. The molecule has 1 unspecified atom stereocenters. The van der Waals surface area contributed by atoms with Gasteiger partial charge in [-0.1, -0.05) is 6.07 Å². The second-order valence-corrected chi connectivity index (χ2v) is 3.03. The highest BCUT2D eigenvalue weighted by atomic mass is 19.1. The van der Waals surface area contributed by atoms with E-state index < -0.39 is 6.10 Å². The zero-order valence-corrected chi connectivity index (χ0v) is 7.50. The molecule has 0 fully saturated rings. The molecule has 0 aliphatic rings. The van der Waals surface area contributed by atoms with Crippen LogP contribution in [0.5, 0.6) is 0 Å². The molecule has 0 aliphatic carbocycles. The van der Waals surface area contributed by atoms with Gasteiger partial charge in [0.2, 0.25) is 0 Å². The van der Waals surface area contributed by atoms with Gasteiger partial charge in [-0.15, -0.1) is 0 Å². The van der Waals surface area contributed by atoms with Crippen molar-refractivity contribution < 1.29 is 14.6 Å². The van der Waals surface area contributed by atoms with Crippen LogP contribution < -0.4 is 0 Å². The second-order valence-electron chi connectivity index (χ2n) is 3.03. The van der Waals surface area contributed by atoms with Gasteiger partial charge in [-0.3, -0.25) is 0 Å². The smallest absolute Gasteiger partial charge is 0.123 e. The summed E-state index contributed by atoms with van der Waals surface area (Å²) in [5, 5.41) is 18.1. The van der Waals surface area contributed by atoms with Crippen LogP contribution in [0.25, 0.3) is 0 Å². The Hall–Kier alpha value is -0.930. The minimum atomic E-state index is -0.703. The van der Waals surface area contributed by atoms with Crippen molar-refractivity contribution in [1.82, 2.24) is 0 Å². The predicted molar refractivity (Wildman–Crippen MR) is 47.8 cm³/mol. The lowest BCUT2D eigenvalue weighted by atomic mass is 10.0. The van der Waals surface area contributed by atoms with Crippen LogP contribution >= 0.6 is 0 Å². The Kier molecular flexibility index (Phi) is 3.39. The van der Waals surface area contributed by atoms with Crippen LogP contribution in [0.2, 0.25) is 0 Å². The summed E-state index contributed by atoms with van der Waals surface area (Å²) < 4.78 is 12.7. The first-order valence-electron chi connectivity index (χ1n) is 4.20. The molecular weight excluding hydrogens is 171 g/mol. The fourth-order valence-electron chi connectivity index (χ4n) is 1.29. The van der Waals surface area contributed by atoms with Crippen LogP contribution in [0.1, 0.15) is 23.7 Å². The van der Waals surface area contributed by atoms with Crippen LogP contribution in [0.15, 0.2) is 18.2 Å². The molecule has 0 bridgehead atoms. The van der Waals surface area contributed by atoms with Gasteiger partial charge < -0.3 is 10.2 Å². The summed E-state index contributed by atoms with van der Waals surface area (Å²) in [4.78, 5) is 0. The predicted octanol–water partition coefficient (Wildman–Crippen LogP) is 1.55. The maximum absolute atomic E-state index is 12.7. The highest BCUT2D eigenvalue weighted by Gasteiger charge is 2.09. The van der Waals surface area contributed by atoms with Crippen molar-refractivity contribution in [2.45, 2.75) is 19.4 Å². The molecule has 2 nitrogen and oxygen atoms in total. The molecule has 0 spiro atoms. The lowest BCUT2D eigenvalue weighted by Crippen LogP contribution is -2.02. The van der Waals surface area contributed by atoms with E-state index in [0.717, 1.165) is 0 Å². The van der Waals surface area contributed by atoms with E-state index in [0.29, 0.717) is 11.1 Å². The maximum Gasteiger partial charge on any atom is 0.123 e. The summed E-state index contributed by atoms with van der Waals surface area (Å²) in [5.74, 6) is -0.308. The van der Waals surface area contributed by atoms with Gasteiger partial charge in [-0.25, -0.2) is 4.39 Å². The third-order valence-electron chi connectivity index (χ3n) is 1.99. The number of halogens is 1. The van der Waals surface area contributed by atoms with Gasteiger partial charge in [0.15, 0.2) is 0 Å². The SMILES string of the molecule is Cc1cc(F)ccc1C(O)CCO. The average molecular weight is 184 g/mol. The first-order valence-corrected chi connectivity index (χ1v) is 4.20. The van der Waals surface area contributed by atoms with Crippen LogP contribution in [0, 0.1) is 12.7 Å². The van der Waals surface area contributed by atoms with Crippen molar-refractivity contribution in [1.29, 1.82) is 0 Å². The normalized spacial score (nSPS) is 12.9. The molecule has 1 aromatic carbocycles. The molecule has 0 heterocycles. The van der Waals surface area contributed by atoms with E-state index in [1.807, 2.05) is 0 Å². The molecule has 2 N–H and O–H groups in total. The zero-order chi connectivity index (χ0) is 9.84. The van der Waals surface area contributed by atoms with Crippen LogP contribution in [-0.4, -0.2) is 16.8 Å². The van der Waals surface area contributed by atoms with E-state index >= 15 is 0 Å². The summed E-state index contributed by atoms with van der Waals surface area (Å²) in [6, 6.07) is 4.23. The maximum atomic E-state index is 12.7. The largest absolute Gasteiger partial charge is 0.396 e. The van der Waals surface area contributed by atoms with E-state index in [4.69, 9.17) is 5.11 Å². The van der Waals surface area contributed by atoms with Crippen molar-refractivity contribution >= 4 is 0 Å². The lowest BCUT2D eigenvalue weighted by molar-refractivity contribution is 0.134. The van der Waals surface area contributed by atoms with Crippen LogP contribution in [0.3, 0.4) is 0 Å². The van der Waals surface area contributed by atoms with Gasteiger partial charge in [0.05, 0.1) is 6.10 Å². The van der Waals surface area contributed by atoms with Crippen LogP contribution in [-0.2, 0) is 0 Å². The molecular formula is C10H13FO2. The first kappa shape index (κ1) is 10.2. The number of hydrogen-bond acceptors (Lipinski definition) is 2. The molecule has 0 aliphatic heterocycles. The molecule has 0 amide bonds. The summed E-state index contributed by atoms with van der Waals surface area (Å²) in [7, 11) is 0. The molecule has 0 radical (unpaired) electrons. The third-order valence-corrected chi connectivity index (χ3v) is 1.99. The number of aryl methyl sites for hydroxylation is 1. The monoisotopic (exact) mass is 184 g/mol. The third kappa shape index (κ3) is 2.50. The van der Waals surface area contributed by atoms with E-state index in [-0.39, 0.29) is 18.8 Å². The molecule has 0 aromatic heterocycles. The standard InChI is InChI=1S/C10H13FO2/c1-7-6-8(11)2-3-9(7)10(13)4-5-12/h2-3,6,10,12-13H,4-5H2,1H3. The van der Waals surface area contributed by atoms with Gasteiger partial charge in [0.1, 0.15) is 5.82 Å². The van der Waals surface area contributed by atoms with Gasteiger partial charge in [0, 0.05) is 13.0 Å². The number of aliphatic hydroxyl groups excluding tert-OH is 2. The lowest BCUT2D eigenvalue weighted by Gasteiger charge is -2.11. The molecule has 72 valence electrons. The number of benzene rings is 1. The minimum Gasteiger partial charge on any atom is -0.396 e. The molecule has 13 heavy (non-hydrogen) atoms. The Balaban J connectivity index is 2.88. The van der Waals surface area contributed by atoms with Crippen LogP contribution in [0.4, 0.5) is 4.39 Å². The Morgan fingerprint density at radius 1 is 1.46 bits per heavy atom. The molecule has 1 aromatic rings. The fraction of sp³-hybridized carbons (Fsp3) is 0.400. The van der Waals surface area contributed by atoms with Crippen molar-refractivity contribution in [3.63, 3.8) is 0 Å². The molecule has 3 heteroatoms. The zero-order valence-electron chi connectivity index (χ0n) is 7.50. The van der Waals surface area contributed by atoms with E-state index in [9.17, 15) is 9.50 Å². The Labute approximate surface area is 76.6 Å². The minimum absolute atomic E-state index is 0.0714. The van der Waals surface area contributed by atoms with Gasteiger partial charge in [-0.05, 0) is 30.2 Å². The van der Waals surface area contributed by atoms with Gasteiger partial charge >= 0.3 is 0 Å². The highest BCUT2D eigenvalue weighted by Crippen LogP contribution is 2.20. The van der Waals surface area contributed by atoms with Gasteiger partial charge in [-0.2, -0.15) is 0 Å². The van der Waals surface area contributed by atoms with Crippen molar-refractivity contribution in [2.24, 2.45) is 0 Å². The first-order chi connectivity index (χ1) is 6.15. The topological polar surface area (TPSA) is 40.5 Å². The molecule has 0 saturated heterocycles. The quantitative estimate of drug-likeness (QED) is 0.748. The van der Waals surface area contributed by atoms with Crippen molar-refractivity contribution in [3.8, 4) is 0 Å². The molecule has 0 saturated carbocycles. The summed E-state index contributed by atoms with van der Waals surface area (Å²) in [5.41, 5.74) is 1.39. The Bertz CT molecular complexity index is 286. The number of rotatable bonds is 3. The fourth-order valence-corrected chi connectivity index (χ4v) is 1.29. The second kappa shape index (κ2) is 4.35. The van der Waals surface area contributed by atoms with E-state index in [1.165, 1.54) is 12.1 Å². The Morgan fingerprint density at radius 3 is 2.69 bits per heavy atom. The number of aliphatic hydroxyl groups is 2. The summed E-state index contributed by atoms with van der Waals surface area (Å²) in [6.45, 7) is 1.66. The molecule has 1 atom stereocenters. The van der Waals surface area contributed by atoms with Crippen molar-refractivity contribution in [3.05, 3.63) is 35.1 Å². The average Bonchev–Trinajstić information content (AvgIpc) is 2.04. The highest BCUT2D eigenvalue weighted by molar-refractivity contribution is 5.28. The number of hydrogen-bond donors (Lipinski definition) is 2. The summed E-state index contributed by atoms with van der Waals surface area (Å²) in [6.07, 6.45) is -0.419.